The molecule has 2 aliphatic rings. The van der Waals surface area contributed by atoms with Crippen LogP contribution >= 0.6 is 24.0 Å². The number of carbonyl (C=O) groups excluding carboxylic acids is 1. The van der Waals surface area contributed by atoms with Gasteiger partial charge in [-0.2, -0.15) is 0 Å². The Morgan fingerprint density at radius 1 is 1.21 bits per heavy atom. The molecule has 2 atom stereocenters. The molecule has 0 radical (unpaired) electrons. The second-order valence-electron chi connectivity index (χ2n) is 7.46. The molecule has 3 rings (SSSR count). The molecular weight excluding hydrogens is 485 g/mol. The van der Waals surface area contributed by atoms with Crippen LogP contribution in [0.2, 0.25) is 0 Å². The van der Waals surface area contributed by atoms with Crippen molar-refractivity contribution in [2.45, 2.75) is 38.8 Å². The maximum absolute atomic E-state index is 12.7. The molecule has 8 nitrogen and oxygen atoms in total. The molecule has 1 aromatic rings. The van der Waals surface area contributed by atoms with E-state index in [2.05, 4.69) is 20.1 Å². The van der Waals surface area contributed by atoms with Gasteiger partial charge in [0.15, 0.2) is 5.96 Å². The third-order valence-electron chi connectivity index (χ3n) is 5.56. The summed E-state index contributed by atoms with van der Waals surface area (Å²) in [5.74, 6) is 1.58. The number of aliphatic hydroxyl groups is 1. The monoisotopic (exact) mass is 519 g/mol. The van der Waals surface area contributed by atoms with Gasteiger partial charge in [0, 0.05) is 45.8 Å². The molecule has 2 N–H and O–H groups in total. The topological polar surface area (TPSA) is 84.5 Å². The standard InChI is InChI=1S/C20H33N5O3.HI/c1-3-21-20(22-15-17(26)18-7-6-14-28-18)25-12-10-23(11-13-25)16(2)19(27)24-8-4-5-9-24;/h6-7,14,16-17,26H,3-5,8-13,15H2,1-2H3,(H,21,22);1H. The second kappa shape index (κ2) is 11.8. The first-order valence-electron chi connectivity index (χ1n) is 10.4. The quantitative estimate of drug-likeness (QED) is 0.337. The van der Waals surface area contributed by atoms with Crippen molar-refractivity contribution in [3.05, 3.63) is 24.2 Å². The maximum atomic E-state index is 12.7. The Balaban J connectivity index is 0.00000300. The zero-order chi connectivity index (χ0) is 19.9. The lowest BCUT2D eigenvalue weighted by molar-refractivity contribution is -0.135. The van der Waals surface area contributed by atoms with Gasteiger partial charge in [0.05, 0.1) is 18.8 Å². The first kappa shape index (κ1) is 23.9. The van der Waals surface area contributed by atoms with Crippen molar-refractivity contribution in [1.82, 2.24) is 20.0 Å². The van der Waals surface area contributed by atoms with Crippen LogP contribution in [0.5, 0.6) is 0 Å². The molecule has 0 saturated carbocycles. The number of carbonyl (C=O) groups is 1. The van der Waals surface area contributed by atoms with Crippen molar-refractivity contribution < 1.29 is 14.3 Å². The van der Waals surface area contributed by atoms with E-state index >= 15 is 0 Å². The van der Waals surface area contributed by atoms with Crippen LogP contribution in [0, 0.1) is 0 Å². The predicted octanol–water partition coefficient (Wildman–Crippen LogP) is 1.52. The van der Waals surface area contributed by atoms with E-state index in [4.69, 9.17) is 4.42 Å². The lowest BCUT2D eigenvalue weighted by atomic mass is 10.2. The average molecular weight is 519 g/mol. The Labute approximate surface area is 190 Å². The highest BCUT2D eigenvalue weighted by Crippen LogP contribution is 2.15. The Morgan fingerprint density at radius 2 is 1.90 bits per heavy atom. The number of nitrogens with zero attached hydrogens (tertiary/aromatic N) is 4. The lowest BCUT2D eigenvalue weighted by Crippen LogP contribution is -2.57. The molecule has 3 heterocycles. The Morgan fingerprint density at radius 3 is 2.48 bits per heavy atom. The van der Waals surface area contributed by atoms with Crippen LogP contribution in [-0.4, -0.2) is 90.1 Å². The smallest absolute Gasteiger partial charge is 0.239 e. The van der Waals surface area contributed by atoms with Crippen molar-refractivity contribution in [2.75, 3.05) is 52.4 Å². The van der Waals surface area contributed by atoms with Gasteiger partial charge in [-0.1, -0.05) is 0 Å². The normalized spacial score (nSPS) is 20.3. The van der Waals surface area contributed by atoms with Gasteiger partial charge < -0.3 is 24.6 Å². The van der Waals surface area contributed by atoms with Gasteiger partial charge in [-0.15, -0.1) is 24.0 Å². The molecule has 2 fully saturated rings. The summed E-state index contributed by atoms with van der Waals surface area (Å²) in [4.78, 5) is 23.7. The van der Waals surface area contributed by atoms with Crippen LogP contribution in [0.4, 0.5) is 0 Å². The van der Waals surface area contributed by atoms with E-state index in [0.29, 0.717) is 5.76 Å². The Kier molecular flexibility index (Phi) is 9.70. The zero-order valence-corrected chi connectivity index (χ0v) is 19.7. The van der Waals surface area contributed by atoms with E-state index in [9.17, 15) is 9.90 Å². The predicted molar refractivity (Wildman–Crippen MR) is 123 cm³/mol. The molecule has 29 heavy (non-hydrogen) atoms. The summed E-state index contributed by atoms with van der Waals surface area (Å²) in [5, 5.41) is 13.5. The summed E-state index contributed by atoms with van der Waals surface area (Å²) >= 11 is 0. The van der Waals surface area contributed by atoms with Crippen LogP contribution in [-0.2, 0) is 4.79 Å². The van der Waals surface area contributed by atoms with Crippen LogP contribution in [0.3, 0.4) is 0 Å². The number of halogens is 1. The molecular formula is C20H34IN5O3. The van der Waals surface area contributed by atoms with Crippen LogP contribution in [0.1, 0.15) is 38.6 Å². The van der Waals surface area contributed by atoms with E-state index in [0.717, 1.165) is 64.6 Å². The number of likely N-dealkylation sites (tertiary alicyclic amines) is 1. The largest absolute Gasteiger partial charge is 0.467 e. The van der Waals surface area contributed by atoms with Gasteiger partial charge in [-0.05, 0) is 38.8 Å². The van der Waals surface area contributed by atoms with E-state index in [1.165, 1.54) is 0 Å². The number of guanidine groups is 1. The summed E-state index contributed by atoms with van der Waals surface area (Å²) < 4.78 is 5.24. The Bertz CT molecular complexity index is 641. The molecule has 1 amide bonds. The van der Waals surface area contributed by atoms with E-state index in [1.54, 1.807) is 18.4 Å². The highest BCUT2D eigenvalue weighted by Gasteiger charge is 2.30. The van der Waals surface area contributed by atoms with Gasteiger partial charge in [0.1, 0.15) is 11.9 Å². The van der Waals surface area contributed by atoms with E-state index in [1.807, 2.05) is 18.7 Å². The summed E-state index contributed by atoms with van der Waals surface area (Å²) in [7, 11) is 0. The minimum Gasteiger partial charge on any atom is -0.467 e. The minimum absolute atomic E-state index is 0. The van der Waals surface area contributed by atoms with Gasteiger partial charge in [0.25, 0.3) is 0 Å². The number of furan rings is 1. The summed E-state index contributed by atoms with van der Waals surface area (Å²) in [6, 6.07) is 3.45. The molecule has 9 heteroatoms. The molecule has 0 bridgehead atoms. The first-order chi connectivity index (χ1) is 13.6. The summed E-state index contributed by atoms with van der Waals surface area (Å²) in [6.45, 7) is 10.1. The highest BCUT2D eigenvalue weighted by atomic mass is 127. The number of aliphatic imine (C=N–C) groups is 1. The summed E-state index contributed by atoms with van der Waals surface area (Å²) in [5.41, 5.74) is 0. The third kappa shape index (κ3) is 6.32. The third-order valence-corrected chi connectivity index (χ3v) is 5.56. The second-order valence-corrected chi connectivity index (χ2v) is 7.46. The fraction of sp³-hybridized carbons (Fsp3) is 0.700. The zero-order valence-electron chi connectivity index (χ0n) is 17.4. The van der Waals surface area contributed by atoms with E-state index in [-0.39, 0.29) is 42.5 Å². The van der Waals surface area contributed by atoms with Gasteiger partial charge >= 0.3 is 0 Å². The molecule has 2 saturated heterocycles. The number of hydrogen-bond acceptors (Lipinski definition) is 5. The number of amides is 1. The van der Waals surface area contributed by atoms with Crippen LogP contribution < -0.4 is 5.32 Å². The molecule has 0 aromatic carbocycles. The fourth-order valence-corrected chi connectivity index (χ4v) is 3.85. The average Bonchev–Trinajstić information content (AvgIpc) is 3.44. The van der Waals surface area contributed by atoms with Crippen LogP contribution in [0.15, 0.2) is 27.8 Å². The number of piperazine rings is 1. The molecule has 0 aliphatic carbocycles. The molecule has 2 unspecified atom stereocenters. The van der Waals surface area contributed by atoms with Gasteiger partial charge in [0.2, 0.25) is 5.91 Å². The lowest BCUT2D eigenvalue weighted by Gasteiger charge is -2.39. The first-order valence-corrected chi connectivity index (χ1v) is 10.4. The van der Waals surface area contributed by atoms with Crippen molar-refractivity contribution in [2.24, 2.45) is 4.99 Å². The minimum atomic E-state index is -0.747. The van der Waals surface area contributed by atoms with Gasteiger partial charge in [-0.25, -0.2) is 4.99 Å². The SMILES string of the molecule is CCNC(=NCC(O)c1ccco1)N1CCN(C(C)C(=O)N2CCCC2)CC1.I. The van der Waals surface area contributed by atoms with Gasteiger partial charge in [-0.3, -0.25) is 9.69 Å². The molecule has 164 valence electrons. The molecule has 2 aliphatic heterocycles. The number of hydrogen-bond donors (Lipinski definition) is 2. The molecule has 1 aromatic heterocycles. The van der Waals surface area contributed by atoms with Crippen molar-refractivity contribution in [3.8, 4) is 0 Å². The summed E-state index contributed by atoms with van der Waals surface area (Å²) in [6.07, 6.45) is 3.05. The fourth-order valence-electron chi connectivity index (χ4n) is 3.85. The molecule has 0 spiro atoms. The van der Waals surface area contributed by atoms with E-state index < -0.39 is 6.10 Å². The van der Waals surface area contributed by atoms with Crippen molar-refractivity contribution in [1.29, 1.82) is 0 Å². The van der Waals surface area contributed by atoms with Crippen molar-refractivity contribution in [3.63, 3.8) is 0 Å². The number of nitrogens with one attached hydrogen (secondary N) is 1. The number of aliphatic hydroxyl groups excluding tert-OH is 1. The maximum Gasteiger partial charge on any atom is 0.239 e. The Hall–Kier alpha value is -1.33. The highest BCUT2D eigenvalue weighted by molar-refractivity contribution is 14.0. The number of rotatable bonds is 6. The van der Waals surface area contributed by atoms with Crippen molar-refractivity contribution >= 4 is 35.8 Å². The van der Waals surface area contributed by atoms with Crippen LogP contribution in [0.25, 0.3) is 0 Å².